The minimum absolute atomic E-state index is 0.0809. The fraction of sp³-hybridized carbons (Fsp3) is 0.667. The molecule has 0 aromatic heterocycles. The van der Waals surface area contributed by atoms with E-state index in [-0.39, 0.29) is 52.4 Å². The first-order valence-corrected chi connectivity index (χ1v) is 14.5. The molecule has 1 atom stereocenters. The van der Waals surface area contributed by atoms with E-state index in [2.05, 4.69) is 0 Å². The molecule has 15 heteroatoms. The van der Waals surface area contributed by atoms with Gasteiger partial charge in [-0.15, -0.1) is 0 Å². The molecule has 1 fully saturated rings. The predicted octanol–water partition coefficient (Wildman–Crippen LogP) is -0.901. The summed E-state index contributed by atoms with van der Waals surface area (Å²) in [5.41, 5.74) is 0.927. The monoisotopic (exact) mass is 576 g/mol. The zero-order valence-electron chi connectivity index (χ0n) is 22.3. The normalized spacial score (nSPS) is 18.7. The van der Waals surface area contributed by atoms with Gasteiger partial charge in [0.05, 0.1) is 39.5 Å². The van der Waals surface area contributed by atoms with E-state index in [9.17, 15) is 39.3 Å². The van der Waals surface area contributed by atoms with Crippen molar-refractivity contribution in [3.8, 4) is 5.75 Å². The average molecular weight is 577 g/mol. The lowest BCUT2D eigenvalue weighted by Crippen LogP contribution is -2.49. The highest BCUT2D eigenvalue weighted by atomic mass is 31.2. The van der Waals surface area contributed by atoms with Crippen LogP contribution in [0.1, 0.15) is 5.56 Å². The molecule has 0 spiro atoms. The summed E-state index contributed by atoms with van der Waals surface area (Å²) < 4.78 is 22.4. The Kier molecular flexibility index (Phi) is 14.3. The summed E-state index contributed by atoms with van der Waals surface area (Å²) in [6, 6.07) is 7.39. The maximum Gasteiger partial charge on any atom is 0.339 e. The lowest BCUT2D eigenvalue weighted by Gasteiger charge is -2.34. The summed E-state index contributed by atoms with van der Waals surface area (Å²) in [6.45, 7) is 2.58. The molecule has 2 rings (SSSR count). The van der Waals surface area contributed by atoms with Gasteiger partial charge in [-0.25, -0.2) is 0 Å². The first-order valence-electron chi connectivity index (χ1n) is 12.7. The van der Waals surface area contributed by atoms with E-state index in [1.165, 1.54) is 4.90 Å². The summed E-state index contributed by atoms with van der Waals surface area (Å²) in [5, 5.41) is 29.3. The SMILES string of the molecule is COc1ccc(COCC(O)CN2CCN(CC(=O)O)CCN(CP(=O)(O)O)CCN(CC(=O)O)CC2)cc1. The number of aliphatic hydroxyl groups is 1. The Labute approximate surface area is 228 Å². The number of aliphatic carboxylic acids is 2. The van der Waals surface area contributed by atoms with Gasteiger partial charge in [0.2, 0.25) is 0 Å². The summed E-state index contributed by atoms with van der Waals surface area (Å²) in [7, 11) is -2.78. The van der Waals surface area contributed by atoms with E-state index in [0.717, 1.165) is 11.3 Å². The highest BCUT2D eigenvalue weighted by molar-refractivity contribution is 7.51. The van der Waals surface area contributed by atoms with Gasteiger partial charge in [0.15, 0.2) is 0 Å². The second-order valence-corrected chi connectivity index (χ2v) is 11.2. The molecule has 39 heavy (non-hydrogen) atoms. The predicted molar refractivity (Wildman–Crippen MR) is 142 cm³/mol. The zero-order chi connectivity index (χ0) is 28.8. The number of ether oxygens (including phenoxy) is 2. The topological polar surface area (TPSA) is 184 Å². The Bertz CT molecular complexity index is 900. The minimum atomic E-state index is -4.36. The van der Waals surface area contributed by atoms with E-state index < -0.39 is 31.9 Å². The molecule has 1 aromatic carbocycles. The number of carboxylic acid groups (broad SMARTS) is 2. The fourth-order valence-electron chi connectivity index (χ4n) is 4.25. The average Bonchev–Trinajstić information content (AvgIpc) is 2.84. The Hall–Kier alpha value is -2.13. The first-order chi connectivity index (χ1) is 18.4. The largest absolute Gasteiger partial charge is 0.497 e. The third kappa shape index (κ3) is 14.7. The number of benzene rings is 1. The number of methoxy groups -OCH3 is 1. The molecule has 0 aliphatic carbocycles. The summed E-state index contributed by atoms with van der Waals surface area (Å²) >= 11 is 0. The van der Waals surface area contributed by atoms with Crippen molar-refractivity contribution in [2.75, 3.05) is 92.0 Å². The number of carboxylic acids is 2. The van der Waals surface area contributed by atoms with Gasteiger partial charge in [0, 0.05) is 58.9 Å². The van der Waals surface area contributed by atoms with E-state index in [1.54, 1.807) is 16.9 Å². The number of aliphatic hydroxyl groups excluding tert-OH is 1. The molecule has 5 N–H and O–H groups in total. The zero-order valence-corrected chi connectivity index (χ0v) is 23.2. The third-order valence-corrected chi connectivity index (χ3v) is 7.01. The maximum atomic E-state index is 11.6. The molecule has 1 aliphatic rings. The molecular formula is C24H41N4O10P. The molecule has 1 heterocycles. The molecular weight excluding hydrogens is 535 g/mol. The van der Waals surface area contributed by atoms with Crippen molar-refractivity contribution in [3.05, 3.63) is 29.8 Å². The van der Waals surface area contributed by atoms with Crippen LogP contribution in [0, 0.1) is 0 Å². The van der Waals surface area contributed by atoms with Crippen LogP contribution in [0.25, 0.3) is 0 Å². The van der Waals surface area contributed by atoms with Crippen molar-refractivity contribution in [2.24, 2.45) is 0 Å². The van der Waals surface area contributed by atoms with Crippen LogP contribution in [0.2, 0.25) is 0 Å². The van der Waals surface area contributed by atoms with Gasteiger partial charge in [0.1, 0.15) is 12.0 Å². The molecule has 0 saturated carbocycles. The molecule has 14 nitrogen and oxygen atoms in total. The lowest BCUT2D eigenvalue weighted by molar-refractivity contribution is -0.139. The van der Waals surface area contributed by atoms with Crippen LogP contribution in [0.15, 0.2) is 24.3 Å². The Balaban J connectivity index is 2.02. The molecule has 222 valence electrons. The summed E-state index contributed by atoms with van der Waals surface area (Å²) in [5.74, 6) is -1.30. The highest BCUT2D eigenvalue weighted by Gasteiger charge is 2.24. The maximum absolute atomic E-state index is 11.6. The number of hydrogen-bond donors (Lipinski definition) is 5. The fourth-order valence-corrected chi connectivity index (χ4v) is 5.05. The van der Waals surface area contributed by atoms with E-state index in [1.807, 2.05) is 29.2 Å². The van der Waals surface area contributed by atoms with Gasteiger partial charge >= 0.3 is 19.5 Å². The van der Waals surface area contributed by atoms with Crippen molar-refractivity contribution in [2.45, 2.75) is 12.7 Å². The van der Waals surface area contributed by atoms with Gasteiger partial charge in [-0.1, -0.05) is 12.1 Å². The molecule has 1 unspecified atom stereocenters. The third-order valence-electron chi connectivity index (χ3n) is 6.24. The van der Waals surface area contributed by atoms with E-state index in [0.29, 0.717) is 32.8 Å². The van der Waals surface area contributed by atoms with Crippen LogP contribution >= 0.6 is 7.60 Å². The standard InChI is InChI=1S/C24H41N4O10P/c1-37-22-4-2-20(3-5-22)17-38-18-21(29)14-25-6-8-26(15-23(30)31)10-12-28(19-39(34,35)36)13-11-27(9-7-25)16-24(32)33/h2-5,21,29H,6-19H2,1H3,(H,30,31)(H,32,33)(H2,34,35,36). The summed E-state index contributed by atoms with van der Waals surface area (Å²) in [6.07, 6.45) is -1.32. The van der Waals surface area contributed by atoms with Crippen LogP contribution in [-0.2, 0) is 25.5 Å². The number of carbonyl (C=O) groups is 2. The molecule has 0 radical (unpaired) electrons. The highest BCUT2D eigenvalue weighted by Crippen LogP contribution is 2.34. The summed E-state index contributed by atoms with van der Waals surface area (Å²) in [4.78, 5) is 48.6. The van der Waals surface area contributed by atoms with Crippen LogP contribution in [-0.4, -0.2) is 155 Å². The minimum Gasteiger partial charge on any atom is -0.497 e. The van der Waals surface area contributed by atoms with Crippen LogP contribution in [0.5, 0.6) is 5.75 Å². The molecule has 1 saturated heterocycles. The van der Waals surface area contributed by atoms with Gasteiger partial charge in [0.25, 0.3) is 0 Å². The van der Waals surface area contributed by atoms with Gasteiger partial charge in [-0.05, 0) is 17.7 Å². The second-order valence-electron chi connectivity index (χ2n) is 9.58. The molecule has 0 amide bonds. The van der Waals surface area contributed by atoms with Crippen molar-refractivity contribution in [1.29, 1.82) is 0 Å². The Morgan fingerprint density at radius 3 is 1.74 bits per heavy atom. The van der Waals surface area contributed by atoms with E-state index in [4.69, 9.17) is 9.47 Å². The van der Waals surface area contributed by atoms with Crippen molar-refractivity contribution in [1.82, 2.24) is 19.6 Å². The number of hydrogen-bond acceptors (Lipinski definition) is 10. The number of nitrogens with zero attached hydrogens (tertiary/aromatic N) is 4. The smallest absolute Gasteiger partial charge is 0.339 e. The van der Waals surface area contributed by atoms with Crippen LogP contribution in [0.3, 0.4) is 0 Å². The Morgan fingerprint density at radius 2 is 1.31 bits per heavy atom. The Morgan fingerprint density at radius 1 is 0.846 bits per heavy atom. The van der Waals surface area contributed by atoms with E-state index >= 15 is 0 Å². The lowest BCUT2D eigenvalue weighted by atomic mass is 10.2. The number of β-amino-alcohol motifs (C(OH)–C–C–N with tert-alkyl or cyclic N) is 1. The van der Waals surface area contributed by atoms with Gasteiger partial charge in [-0.2, -0.15) is 0 Å². The van der Waals surface area contributed by atoms with Crippen molar-refractivity contribution >= 4 is 19.5 Å². The quantitative estimate of drug-likeness (QED) is 0.182. The molecule has 1 aliphatic heterocycles. The second kappa shape index (κ2) is 16.9. The van der Waals surface area contributed by atoms with Crippen LogP contribution in [0.4, 0.5) is 0 Å². The van der Waals surface area contributed by atoms with Gasteiger partial charge < -0.3 is 34.6 Å². The molecule has 1 aromatic rings. The number of rotatable bonds is 13. The first kappa shape index (κ1) is 33.1. The van der Waals surface area contributed by atoms with Crippen molar-refractivity contribution < 1.29 is 48.7 Å². The van der Waals surface area contributed by atoms with Crippen LogP contribution < -0.4 is 4.74 Å². The van der Waals surface area contributed by atoms with Crippen molar-refractivity contribution in [3.63, 3.8) is 0 Å². The molecule has 0 bridgehead atoms. The van der Waals surface area contributed by atoms with Gasteiger partial charge in [-0.3, -0.25) is 33.8 Å².